The topological polar surface area (TPSA) is 307 Å². The van der Waals surface area contributed by atoms with Crippen LogP contribution in [0, 0.1) is 0 Å². The molecule has 19 heteroatoms. The molecule has 0 spiro atoms. The highest BCUT2D eigenvalue weighted by molar-refractivity contribution is 5.76. The van der Waals surface area contributed by atoms with Crippen LogP contribution in [0.5, 0.6) is 0 Å². The SMILES string of the molecule is CCCCCCCCCCCCCCCCCCCCCCCCCC/C=C/CC/C=C/C(O)C(COC1OC(CO)C(OC2OC(CO)C(OC3OC(CO)C(O)C(O)C3O)C(O)C2O)C(O)C1O)NC(=O)CCCCCCCCCCCCCCCCCCCCCCCCCC. The Morgan fingerprint density at radius 1 is 0.354 bits per heavy atom. The van der Waals surface area contributed by atoms with Gasteiger partial charge in [0, 0.05) is 6.42 Å². The molecule has 0 radical (unpaired) electrons. The summed E-state index contributed by atoms with van der Waals surface area (Å²) in [6, 6.07) is -0.988. The summed E-state index contributed by atoms with van der Waals surface area (Å²) in [5, 5.41) is 121. The minimum absolute atomic E-state index is 0.241. The van der Waals surface area contributed by atoms with E-state index in [1.807, 2.05) is 6.08 Å². The second kappa shape index (κ2) is 61.4. The minimum atomic E-state index is -1.98. The molecule has 1 amide bonds. The van der Waals surface area contributed by atoms with Crippen LogP contribution >= 0.6 is 0 Å². The lowest BCUT2D eigenvalue weighted by molar-refractivity contribution is -0.379. The van der Waals surface area contributed by atoms with Gasteiger partial charge in [-0.25, -0.2) is 0 Å². The zero-order chi connectivity index (χ0) is 71.8. The van der Waals surface area contributed by atoms with Crippen LogP contribution in [0.15, 0.2) is 24.3 Å². The average molecular weight is 1420 g/mol. The van der Waals surface area contributed by atoms with E-state index < -0.39 is 124 Å². The first-order chi connectivity index (χ1) is 48.3. The summed E-state index contributed by atoms with van der Waals surface area (Å²) in [5.74, 6) is -0.277. The van der Waals surface area contributed by atoms with E-state index in [0.717, 1.165) is 38.5 Å². The maximum Gasteiger partial charge on any atom is 0.220 e. The third-order valence-corrected chi connectivity index (χ3v) is 20.8. The second-order valence-electron chi connectivity index (χ2n) is 29.6. The molecule has 17 atom stereocenters. The van der Waals surface area contributed by atoms with E-state index in [4.69, 9.17) is 28.4 Å². The van der Waals surface area contributed by atoms with E-state index in [1.165, 1.54) is 276 Å². The molecule has 0 aliphatic carbocycles. The zero-order valence-corrected chi connectivity index (χ0v) is 62.5. The molecule has 0 bridgehead atoms. The summed E-state index contributed by atoms with van der Waals surface area (Å²) in [5.41, 5.74) is 0. The average Bonchev–Trinajstić information content (AvgIpc) is 0.781. The van der Waals surface area contributed by atoms with Gasteiger partial charge in [-0.2, -0.15) is 0 Å². The van der Waals surface area contributed by atoms with Gasteiger partial charge in [0.05, 0.1) is 38.6 Å². The molecule has 3 aliphatic rings. The van der Waals surface area contributed by atoms with Gasteiger partial charge in [-0.1, -0.05) is 334 Å². The molecule has 3 heterocycles. The Morgan fingerprint density at radius 3 is 1.01 bits per heavy atom. The van der Waals surface area contributed by atoms with Crippen LogP contribution in [0.4, 0.5) is 0 Å². The molecule has 19 nitrogen and oxygen atoms in total. The molecule has 0 saturated carbocycles. The molecule has 3 rings (SSSR count). The van der Waals surface area contributed by atoms with Gasteiger partial charge in [-0.05, 0) is 32.1 Å². The molecule has 0 aromatic heterocycles. The summed E-state index contributed by atoms with van der Waals surface area (Å²) < 4.78 is 34.5. The molecule has 3 aliphatic heterocycles. The van der Waals surface area contributed by atoms with Crippen molar-refractivity contribution >= 4 is 5.91 Å². The summed E-state index contributed by atoms with van der Waals surface area (Å²) >= 11 is 0. The molecule has 3 saturated heterocycles. The largest absolute Gasteiger partial charge is 0.394 e. The molecular formula is C80H151NO18. The molecular weight excluding hydrogens is 1260 g/mol. The van der Waals surface area contributed by atoms with Gasteiger partial charge in [0.2, 0.25) is 5.91 Å². The van der Waals surface area contributed by atoms with Gasteiger partial charge in [-0.3, -0.25) is 4.79 Å². The van der Waals surface area contributed by atoms with Gasteiger partial charge in [-0.15, -0.1) is 0 Å². The molecule has 17 unspecified atom stereocenters. The van der Waals surface area contributed by atoms with Crippen LogP contribution in [0.1, 0.15) is 348 Å². The number of hydrogen-bond donors (Lipinski definition) is 12. The minimum Gasteiger partial charge on any atom is -0.394 e. The lowest BCUT2D eigenvalue weighted by Gasteiger charge is -2.48. The lowest BCUT2D eigenvalue weighted by Crippen LogP contribution is -2.66. The highest BCUT2D eigenvalue weighted by atomic mass is 16.8. The first-order valence-electron chi connectivity index (χ1n) is 41.1. The van der Waals surface area contributed by atoms with E-state index in [1.54, 1.807) is 6.08 Å². The molecule has 12 N–H and O–H groups in total. The van der Waals surface area contributed by atoms with E-state index in [9.17, 15) is 61.0 Å². The third kappa shape index (κ3) is 41.7. The van der Waals surface area contributed by atoms with Gasteiger partial charge >= 0.3 is 0 Å². The Morgan fingerprint density at radius 2 is 0.646 bits per heavy atom. The normalized spacial score (nSPS) is 26.7. The van der Waals surface area contributed by atoms with Gasteiger partial charge in [0.25, 0.3) is 0 Å². The van der Waals surface area contributed by atoms with Gasteiger partial charge in [0.15, 0.2) is 18.9 Å². The Bertz CT molecular complexity index is 1880. The van der Waals surface area contributed by atoms with Crippen molar-refractivity contribution in [2.24, 2.45) is 0 Å². The monoisotopic (exact) mass is 1410 g/mol. The zero-order valence-electron chi connectivity index (χ0n) is 62.5. The molecule has 0 aromatic rings. The van der Waals surface area contributed by atoms with Crippen molar-refractivity contribution in [3.63, 3.8) is 0 Å². The summed E-state index contributed by atoms with van der Waals surface area (Å²) in [4.78, 5) is 13.5. The number of hydrogen-bond acceptors (Lipinski definition) is 18. The van der Waals surface area contributed by atoms with Crippen molar-refractivity contribution in [2.45, 2.75) is 452 Å². The Kier molecular flexibility index (Phi) is 56.8. The van der Waals surface area contributed by atoms with Crippen LogP contribution in [-0.2, 0) is 33.2 Å². The first-order valence-corrected chi connectivity index (χ1v) is 41.1. The summed E-state index contributed by atoms with van der Waals surface area (Å²) in [6.07, 6.45) is 47.5. The van der Waals surface area contributed by atoms with Crippen LogP contribution in [0.2, 0.25) is 0 Å². The number of carbonyl (C=O) groups excluding carboxylic acids is 1. The Hall–Kier alpha value is -1.73. The summed E-state index contributed by atoms with van der Waals surface area (Å²) in [6.45, 7) is 1.78. The van der Waals surface area contributed by atoms with Crippen LogP contribution in [0.25, 0.3) is 0 Å². The van der Waals surface area contributed by atoms with Crippen LogP contribution in [0.3, 0.4) is 0 Å². The van der Waals surface area contributed by atoms with E-state index >= 15 is 0 Å². The fourth-order valence-corrected chi connectivity index (χ4v) is 14.2. The summed E-state index contributed by atoms with van der Waals surface area (Å²) in [7, 11) is 0. The number of ether oxygens (including phenoxy) is 6. The maximum atomic E-state index is 13.5. The number of carbonyl (C=O) groups is 1. The van der Waals surface area contributed by atoms with Crippen molar-refractivity contribution < 1.29 is 89.4 Å². The lowest BCUT2D eigenvalue weighted by atomic mass is 9.96. The fourth-order valence-electron chi connectivity index (χ4n) is 14.2. The molecule has 0 aromatic carbocycles. The number of unbranched alkanes of at least 4 members (excludes halogenated alkanes) is 48. The van der Waals surface area contributed by atoms with Crippen molar-refractivity contribution in [1.29, 1.82) is 0 Å². The van der Waals surface area contributed by atoms with Crippen molar-refractivity contribution in [1.82, 2.24) is 5.32 Å². The highest BCUT2D eigenvalue weighted by Gasteiger charge is 2.54. The number of allylic oxidation sites excluding steroid dienone is 3. The quantitative estimate of drug-likeness (QED) is 0.0199. The number of nitrogens with one attached hydrogen (secondary N) is 1. The predicted molar refractivity (Wildman–Crippen MR) is 393 cm³/mol. The predicted octanol–water partition coefficient (Wildman–Crippen LogP) is 13.7. The number of aliphatic hydroxyl groups is 11. The Balaban J connectivity index is 1.38. The highest BCUT2D eigenvalue weighted by Crippen LogP contribution is 2.33. The van der Waals surface area contributed by atoms with E-state index in [0.29, 0.717) is 12.8 Å². The second-order valence-corrected chi connectivity index (χ2v) is 29.6. The number of rotatable bonds is 66. The number of amides is 1. The fraction of sp³-hybridized carbons (Fsp3) is 0.938. The Labute approximate surface area is 600 Å². The molecule has 3 fully saturated rings. The van der Waals surface area contributed by atoms with Crippen molar-refractivity contribution in [2.75, 3.05) is 26.4 Å². The third-order valence-electron chi connectivity index (χ3n) is 20.8. The van der Waals surface area contributed by atoms with E-state index in [2.05, 4.69) is 31.3 Å². The van der Waals surface area contributed by atoms with Crippen LogP contribution in [-0.4, -0.2) is 193 Å². The van der Waals surface area contributed by atoms with E-state index in [-0.39, 0.29) is 18.9 Å². The van der Waals surface area contributed by atoms with Crippen molar-refractivity contribution in [3.8, 4) is 0 Å². The standard InChI is InChI=1S/C80H151NO18/c1-3-5-7-9-11-13-15-17-19-21-23-25-27-29-30-31-32-33-34-35-37-39-41-43-45-47-49-51-53-55-57-64(85)63(81-68(86)58-56-54-52-50-48-46-44-42-40-38-36-28-26-24-22-20-18-16-14-12-10-8-6-4-2)62-94-78-74(92)71(89)76(66(60-83)96-78)99-80-75(93)72(90)77(67(61-84)97-80)98-79-73(91)70(88)69(87)65(59-82)95-79/h47,49,55,57,63-67,69-80,82-85,87-93H,3-46,48,50-54,56,58-62H2,1-2H3,(H,81,86)/b49-47+,57-55+. The molecule has 584 valence electrons. The molecule has 99 heavy (non-hydrogen) atoms. The number of aliphatic hydroxyl groups excluding tert-OH is 11. The van der Waals surface area contributed by atoms with Crippen LogP contribution < -0.4 is 5.32 Å². The first kappa shape index (κ1) is 91.5. The smallest absolute Gasteiger partial charge is 0.220 e. The van der Waals surface area contributed by atoms with Gasteiger partial charge < -0.3 is 89.9 Å². The maximum absolute atomic E-state index is 13.5. The van der Waals surface area contributed by atoms with Gasteiger partial charge in [0.1, 0.15) is 73.2 Å². The van der Waals surface area contributed by atoms with Crippen molar-refractivity contribution in [3.05, 3.63) is 24.3 Å².